The minimum absolute atomic E-state index is 0.0119. The lowest BCUT2D eigenvalue weighted by Gasteiger charge is -2.05. The number of nitrogens with one attached hydrogen (secondary N) is 2. The maximum Gasteiger partial charge on any atom is 0.354 e. The van der Waals surface area contributed by atoms with Crippen molar-refractivity contribution in [1.29, 1.82) is 0 Å². The van der Waals surface area contributed by atoms with Crippen molar-refractivity contribution < 1.29 is 17.9 Å². The van der Waals surface area contributed by atoms with E-state index in [0.29, 0.717) is 11.5 Å². The number of aromatic amines is 1. The second-order valence-corrected chi connectivity index (χ2v) is 7.79. The third-order valence-electron chi connectivity index (χ3n) is 4.29. The van der Waals surface area contributed by atoms with Crippen molar-refractivity contribution in [1.82, 2.24) is 19.3 Å². The van der Waals surface area contributed by atoms with E-state index in [0.717, 1.165) is 16.6 Å². The third kappa shape index (κ3) is 3.23. The smallest absolute Gasteiger partial charge is 0.354 e. The molecule has 0 amide bonds. The summed E-state index contributed by atoms with van der Waals surface area (Å²) in [6, 6.07) is 7.08. The topological polar surface area (TPSA) is 106 Å². The molecule has 2 aromatic heterocycles. The number of hydrogen-bond donors (Lipinski definition) is 2. The Morgan fingerprint density at radius 3 is 2.73 bits per heavy atom. The number of aryl methyl sites for hydroxylation is 1. The number of ether oxygens (including phenoxy) is 1. The van der Waals surface area contributed by atoms with E-state index in [4.69, 9.17) is 0 Å². The van der Waals surface area contributed by atoms with Crippen LogP contribution in [-0.2, 0) is 28.4 Å². The van der Waals surface area contributed by atoms with E-state index in [9.17, 15) is 13.2 Å². The van der Waals surface area contributed by atoms with Crippen molar-refractivity contribution in [3.8, 4) is 0 Å². The summed E-state index contributed by atoms with van der Waals surface area (Å²) in [5.41, 5.74) is 3.32. The molecule has 0 spiro atoms. The molecule has 0 aliphatic carbocycles. The SMILES string of the molecule is COC(=O)c1cc(S(=O)(=O)NCc2nc3ccc(C)cc3[nH]2)c(C)n1C. The molecular formula is C17H20N4O4S. The van der Waals surface area contributed by atoms with Gasteiger partial charge in [0.1, 0.15) is 16.4 Å². The zero-order valence-electron chi connectivity index (χ0n) is 15.0. The summed E-state index contributed by atoms with van der Waals surface area (Å²) in [5.74, 6) is -0.0827. The number of methoxy groups -OCH3 is 1. The van der Waals surface area contributed by atoms with Gasteiger partial charge >= 0.3 is 5.97 Å². The fraction of sp³-hybridized carbons (Fsp3) is 0.294. The highest BCUT2D eigenvalue weighted by Crippen LogP contribution is 2.20. The van der Waals surface area contributed by atoms with Crippen LogP contribution in [0.5, 0.6) is 0 Å². The van der Waals surface area contributed by atoms with Crippen molar-refractivity contribution in [3.05, 3.63) is 47.0 Å². The minimum atomic E-state index is -3.82. The van der Waals surface area contributed by atoms with Crippen molar-refractivity contribution >= 4 is 27.0 Å². The molecule has 0 bridgehead atoms. The van der Waals surface area contributed by atoms with E-state index >= 15 is 0 Å². The molecule has 138 valence electrons. The third-order valence-corrected chi connectivity index (χ3v) is 5.81. The molecule has 2 heterocycles. The second-order valence-electron chi connectivity index (χ2n) is 6.06. The molecule has 3 aromatic rings. The Labute approximate surface area is 151 Å². The molecule has 0 aliphatic rings. The van der Waals surface area contributed by atoms with Crippen molar-refractivity contribution in [3.63, 3.8) is 0 Å². The number of H-pyrrole nitrogens is 1. The second kappa shape index (κ2) is 6.58. The Bertz CT molecular complexity index is 1100. The monoisotopic (exact) mass is 376 g/mol. The van der Waals surface area contributed by atoms with Crippen molar-refractivity contribution in [2.45, 2.75) is 25.3 Å². The average molecular weight is 376 g/mol. The van der Waals surface area contributed by atoms with Gasteiger partial charge in [0, 0.05) is 12.7 Å². The standard InChI is InChI=1S/C17H20N4O4S/c1-10-5-6-12-13(7-10)20-16(19-12)9-18-26(23,24)15-8-14(17(22)25-4)21(3)11(15)2/h5-8,18H,9H2,1-4H3,(H,19,20). The van der Waals surface area contributed by atoms with Crippen LogP contribution in [0, 0.1) is 13.8 Å². The molecule has 1 aromatic carbocycles. The highest BCUT2D eigenvalue weighted by molar-refractivity contribution is 7.89. The number of esters is 1. The molecule has 0 radical (unpaired) electrons. The molecule has 0 aliphatic heterocycles. The summed E-state index contributed by atoms with van der Waals surface area (Å²) in [7, 11) is -0.953. The Morgan fingerprint density at radius 2 is 2.04 bits per heavy atom. The number of carbonyl (C=O) groups excluding carboxylic acids is 1. The van der Waals surface area contributed by atoms with E-state index in [1.54, 1.807) is 14.0 Å². The molecular weight excluding hydrogens is 356 g/mol. The van der Waals surface area contributed by atoms with Crippen LogP contribution in [0.3, 0.4) is 0 Å². The van der Waals surface area contributed by atoms with Crippen LogP contribution in [0.25, 0.3) is 11.0 Å². The van der Waals surface area contributed by atoms with Gasteiger partial charge in [-0.1, -0.05) is 6.07 Å². The van der Waals surface area contributed by atoms with Crippen LogP contribution in [-0.4, -0.2) is 36.0 Å². The lowest BCUT2D eigenvalue weighted by molar-refractivity contribution is 0.0589. The number of carbonyl (C=O) groups is 1. The largest absolute Gasteiger partial charge is 0.464 e. The highest BCUT2D eigenvalue weighted by atomic mass is 32.2. The summed E-state index contributed by atoms with van der Waals surface area (Å²) in [6.45, 7) is 3.61. The zero-order valence-corrected chi connectivity index (χ0v) is 15.8. The molecule has 8 nitrogen and oxygen atoms in total. The van der Waals surface area contributed by atoms with Crippen LogP contribution in [0.4, 0.5) is 0 Å². The number of sulfonamides is 1. The van der Waals surface area contributed by atoms with Crippen LogP contribution >= 0.6 is 0 Å². The maximum atomic E-state index is 12.7. The predicted octanol–water partition coefficient (Wildman–Crippen LogP) is 1.78. The van der Waals surface area contributed by atoms with E-state index in [2.05, 4.69) is 19.4 Å². The van der Waals surface area contributed by atoms with Gasteiger partial charge in [0.2, 0.25) is 10.0 Å². The van der Waals surface area contributed by atoms with Gasteiger partial charge in [-0.15, -0.1) is 0 Å². The molecule has 26 heavy (non-hydrogen) atoms. The van der Waals surface area contributed by atoms with Gasteiger partial charge in [0.15, 0.2) is 0 Å². The number of fused-ring (bicyclic) bond motifs is 1. The van der Waals surface area contributed by atoms with Gasteiger partial charge in [-0.05, 0) is 37.6 Å². The lowest BCUT2D eigenvalue weighted by atomic mass is 10.2. The molecule has 2 N–H and O–H groups in total. The molecule has 0 saturated carbocycles. The first-order valence-electron chi connectivity index (χ1n) is 7.92. The van der Waals surface area contributed by atoms with Gasteiger partial charge < -0.3 is 14.3 Å². The molecule has 0 fully saturated rings. The predicted molar refractivity (Wildman–Crippen MR) is 96.3 cm³/mol. The van der Waals surface area contributed by atoms with Gasteiger partial charge in [-0.25, -0.2) is 22.9 Å². The Balaban J connectivity index is 1.85. The van der Waals surface area contributed by atoms with E-state index in [1.807, 2.05) is 25.1 Å². The minimum Gasteiger partial charge on any atom is -0.464 e. The van der Waals surface area contributed by atoms with E-state index in [1.165, 1.54) is 17.7 Å². The summed E-state index contributed by atoms with van der Waals surface area (Å²) in [5, 5.41) is 0. The van der Waals surface area contributed by atoms with Crippen LogP contribution in [0.15, 0.2) is 29.2 Å². The Hall–Kier alpha value is -2.65. The van der Waals surface area contributed by atoms with Crippen LogP contribution < -0.4 is 4.72 Å². The first-order chi connectivity index (χ1) is 12.2. The van der Waals surface area contributed by atoms with Gasteiger partial charge in [0.05, 0.1) is 24.7 Å². The Morgan fingerprint density at radius 1 is 1.31 bits per heavy atom. The van der Waals surface area contributed by atoms with Gasteiger partial charge in [-0.2, -0.15) is 0 Å². The molecule has 0 atom stereocenters. The summed E-state index contributed by atoms with van der Waals surface area (Å²) < 4.78 is 34.0. The first kappa shape index (κ1) is 18.2. The lowest BCUT2D eigenvalue weighted by Crippen LogP contribution is -2.24. The molecule has 9 heteroatoms. The fourth-order valence-electron chi connectivity index (χ4n) is 2.75. The fourth-order valence-corrected chi connectivity index (χ4v) is 4.02. The number of hydrogen-bond acceptors (Lipinski definition) is 5. The normalized spacial score (nSPS) is 11.8. The van der Waals surface area contributed by atoms with Crippen LogP contribution in [0.1, 0.15) is 27.6 Å². The molecule has 0 unspecified atom stereocenters. The number of imidazole rings is 1. The zero-order chi connectivity index (χ0) is 19.1. The number of nitrogens with zero attached hydrogens (tertiary/aromatic N) is 2. The summed E-state index contributed by atoms with van der Waals surface area (Å²) >= 11 is 0. The number of aromatic nitrogens is 3. The number of rotatable bonds is 5. The highest BCUT2D eigenvalue weighted by Gasteiger charge is 2.24. The Kier molecular flexibility index (Phi) is 4.59. The quantitative estimate of drug-likeness (QED) is 0.660. The number of benzene rings is 1. The van der Waals surface area contributed by atoms with E-state index < -0.39 is 16.0 Å². The van der Waals surface area contributed by atoms with Crippen molar-refractivity contribution in [2.24, 2.45) is 7.05 Å². The average Bonchev–Trinajstić information content (AvgIpc) is 3.14. The van der Waals surface area contributed by atoms with Crippen LogP contribution in [0.2, 0.25) is 0 Å². The summed E-state index contributed by atoms with van der Waals surface area (Å²) in [6.07, 6.45) is 0. The summed E-state index contributed by atoms with van der Waals surface area (Å²) in [4.78, 5) is 19.3. The van der Waals surface area contributed by atoms with Gasteiger partial charge in [0.25, 0.3) is 0 Å². The molecule has 0 saturated heterocycles. The maximum absolute atomic E-state index is 12.7. The first-order valence-corrected chi connectivity index (χ1v) is 9.41. The van der Waals surface area contributed by atoms with E-state index in [-0.39, 0.29) is 17.1 Å². The van der Waals surface area contributed by atoms with Crippen molar-refractivity contribution in [2.75, 3.05) is 7.11 Å². The van der Waals surface area contributed by atoms with Gasteiger partial charge in [-0.3, -0.25) is 0 Å². The molecule has 3 rings (SSSR count).